The first-order valence-corrected chi connectivity index (χ1v) is 8.36. The molecule has 3 aromatic rings. The molecule has 0 aliphatic heterocycles. The number of fused-ring (bicyclic) bond motifs is 1. The highest BCUT2D eigenvalue weighted by molar-refractivity contribution is 9.10. The maximum Gasteiger partial charge on any atom is 0.323 e. The summed E-state index contributed by atoms with van der Waals surface area (Å²) in [7, 11) is 0. The lowest BCUT2D eigenvalue weighted by Gasteiger charge is -2.13. The zero-order valence-corrected chi connectivity index (χ0v) is 15.1. The Morgan fingerprint density at radius 3 is 2.33 bits per heavy atom. The summed E-state index contributed by atoms with van der Waals surface area (Å²) in [6.07, 6.45) is 0. The highest BCUT2D eigenvalue weighted by Crippen LogP contribution is 2.37. The lowest BCUT2D eigenvalue weighted by atomic mass is 10.0. The summed E-state index contributed by atoms with van der Waals surface area (Å²) in [6, 6.07) is 9.27. The quantitative estimate of drug-likeness (QED) is 0.507. The second-order valence-corrected chi connectivity index (χ2v) is 7.09. The Balaban J connectivity index is 2.11. The third-order valence-electron chi connectivity index (χ3n) is 3.14. The molecule has 0 aliphatic rings. The van der Waals surface area contributed by atoms with Crippen molar-refractivity contribution in [1.29, 1.82) is 0 Å². The second-order valence-electron chi connectivity index (χ2n) is 4.53. The summed E-state index contributed by atoms with van der Waals surface area (Å²) < 4.78 is 1.64. The molecule has 1 heterocycles. The van der Waals surface area contributed by atoms with Crippen molar-refractivity contribution in [1.82, 2.24) is 9.97 Å². The van der Waals surface area contributed by atoms with Crippen molar-refractivity contribution in [3.05, 3.63) is 65.9 Å². The number of H-pyrrole nitrogens is 2. The van der Waals surface area contributed by atoms with Gasteiger partial charge in [-0.3, -0.25) is 0 Å². The number of hydrogen-bond acceptors (Lipinski definition) is 1. The van der Waals surface area contributed by atoms with E-state index in [1.165, 1.54) is 0 Å². The summed E-state index contributed by atoms with van der Waals surface area (Å²) >= 11 is 19.5. The van der Waals surface area contributed by atoms with Crippen molar-refractivity contribution >= 4 is 66.1 Å². The van der Waals surface area contributed by atoms with E-state index >= 15 is 0 Å². The average Bonchev–Trinajstić information content (AvgIpc) is 2.79. The van der Waals surface area contributed by atoms with Crippen LogP contribution in [0.5, 0.6) is 0 Å². The van der Waals surface area contributed by atoms with Gasteiger partial charge in [0.2, 0.25) is 0 Å². The van der Waals surface area contributed by atoms with Gasteiger partial charge < -0.3 is 9.97 Å². The molecule has 2 N–H and O–H groups in total. The van der Waals surface area contributed by atoms with Gasteiger partial charge >= 0.3 is 5.69 Å². The molecular formula is C14H8Br2Cl2N2O. The van der Waals surface area contributed by atoms with Crippen LogP contribution in [-0.4, -0.2) is 9.97 Å². The number of benzene rings is 2. The van der Waals surface area contributed by atoms with Crippen LogP contribution >= 0.6 is 55.1 Å². The van der Waals surface area contributed by atoms with Gasteiger partial charge in [-0.2, -0.15) is 0 Å². The molecule has 0 aliphatic carbocycles. The summed E-state index contributed by atoms with van der Waals surface area (Å²) in [4.78, 5) is 16.8. The number of halogens is 4. The largest absolute Gasteiger partial charge is 0.323 e. The lowest BCUT2D eigenvalue weighted by Crippen LogP contribution is -1.99. The monoisotopic (exact) mass is 448 g/mol. The van der Waals surface area contributed by atoms with Crippen LogP contribution in [0.15, 0.2) is 44.1 Å². The van der Waals surface area contributed by atoms with Crippen molar-refractivity contribution < 1.29 is 0 Å². The molecule has 108 valence electrons. The molecule has 3 rings (SSSR count). The van der Waals surface area contributed by atoms with Crippen LogP contribution in [0.2, 0.25) is 5.02 Å². The molecule has 0 saturated heterocycles. The molecule has 7 heteroatoms. The Morgan fingerprint density at radius 2 is 1.67 bits per heavy atom. The number of rotatable bonds is 2. The van der Waals surface area contributed by atoms with Gasteiger partial charge in [-0.25, -0.2) is 4.79 Å². The van der Waals surface area contributed by atoms with Gasteiger partial charge in [0.1, 0.15) is 0 Å². The highest BCUT2D eigenvalue weighted by atomic mass is 79.9. The number of nitrogens with one attached hydrogen (secondary N) is 2. The van der Waals surface area contributed by atoms with E-state index in [1.807, 2.05) is 30.3 Å². The minimum absolute atomic E-state index is 0.244. The lowest BCUT2D eigenvalue weighted by molar-refractivity contribution is 1.13. The SMILES string of the molecule is O=c1[nH]c2cc(Br)c(C(Cl)c3ccc(Br)c(Cl)c3)cc2[nH]1. The summed E-state index contributed by atoms with van der Waals surface area (Å²) in [5, 5.41) is 0.221. The van der Waals surface area contributed by atoms with Gasteiger partial charge in [-0.15, -0.1) is 11.6 Å². The Hall–Kier alpha value is -0.750. The smallest absolute Gasteiger partial charge is 0.306 e. The van der Waals surface area contributed by atoms with Crippen molar-refractivity contribution in [3.8, 4) is 0 Å². The average molecular weight is 451 g/mol. The fourth-order valence-electron chi connectivity index (χ4n) is 2.12. The molecular weight excluding hydrogens is 443 g/mol. The molecule has 0 fully saturated rings. The highest BCUT2D eigenvalue weighted by Gasteiger charge is 2.17. The first-order valence-electron chi connectivity index (χ1n) is 5.96. The van der Waals surface area contributed by atoms with Gasteiger partial charge in [-0.05, 0) is 51.3 Å². The van der Waals surface area contributed by atoms with Gasteiger partial charge in [0.15, 0.2) is 0 Å². The maximum atomic E-state index is 11.4. The Labute approximate surface area is 146 Å². The first kappa shape index (κ1) is 15.2. The van der Waals surface area contributed by atoms with Crippen LogP contribution < -0.4 is 5.69 Å². The van der Waals surface area contributed by atoms with Gasteiger partial charge in [-0.1, -0.05) is 33.6 Å². The van der Waals surface area contributed by atoms with Crippen LogP contribution in [0, 0.1) is 0 Å². The topological polar surface area (TPSA) is 48.6 Å². The zero-order valence-electron chi connectivity index (χ0n) is 10.4. The number of hydrogen-bond donors (Lipinski definition) is 2. The number of imidazole rings is 1. The predicted octanol–water partition coefficient (Wildman–Crippen LogP) is 5.36. The van der Waals surface area contributed by atoms with E-state index in [9.17, 15) is 4.79 Å². The van der Waals surface area contributed by atoms with E-state index in [0.717, 1.165) is 25.6 Å². The molecule has 0 radical (unpaired) electrons. The molecule has 2 aromatic carbocycles. The van der Waals surface area contributed by atoms with Gasteiger partial charge in [0.25, 0.3) is 0 Å². The fourth-order valence-corrected chi connectivity index (χ4v) is 3.57. The molecule has 0 spiro atoms. The van der Waals surface area contributed by atoms with Crippen LogP contribution in [-0.2, 0) is 0 Å². The van der Waals surface area contributed by atoms with E-state index in [-0.39, 0.29) is 11.1 Å². The first-order chi connectivity index (χ1) is 9.95. The normalized spacial score (nSPS) is 12.8. The second kappa shape index (κ2) is 5.80. The van der Waals surface area contributed by atoms with Gasteiger partial charge in [0.05, 0.1) is 21.4 Å². The number of aromatic amines is 2. The van der Waals surface area contributed by atoms with Crippen LogP contribution in [0.25, 0.3) is 11.0 Å². The third-order valence-corrected chi connectivity index (χ3v) is 5.55. The Morgan fingerprint density at radius 1 is 1.00 bits per heavy atom. The molecule has 21 heavy (non-hydrogen) atoms. The molecule has 0 bridgehead atoms. The summed E-state index contributed by atoms with van der Waals surface area (Å²) in [5.41, 5.74) is 2.94. The Kier molecular flexibility index (Phi) is 4.19. The van der Waals surface area contributed by atoms with E-state index in [1.54, 1.807) is 0 Å². The van der Waals surface area contributed by atoms with Crippen molar-refractivity contribution in [2.45, 2.75) is 5.38 Å². The van der Waals surface area contributed by atoms with Crippen LogP contribution in [0.1, 0.15) is 16.5 Å². The molecule has 3 nitrogen and oxygen atoms in total. The fraction of sp³-hybridized carbons (Fsp3) is 0.0714. The van der Waals surface area contributed by atoms with Crippen molar-refractivity contribution in [2.75, 3.05) is 0 Å². The molecule has 0 saturated carbocycles. The maximum absolute atomic E-state index is 11.4. The summed E-state index contributed by atoms with van der Waals surface area (Å²) in [5.74, 6) is 0. The van der Waals surface area contributed by atoms with Crippen LogP contribution in [0.4, 0.5) is 0 Å². The number of alkyl halides is 1. The predicted molar refractivity (Wildman–Crippen MR) is 93.5 cm³/mol. The van der Waals surface area contributed by atoms with E-state index < -0.39 is 0 Å². The van der Waals surface area contributed by atoms with E-state index in [2.05, 4.69) is 41.8 Å². The summed E-state index contributed by atoms with van der Waals surface area (Å²) in [6.45, 7) is 0. The van der Waals surface area contributed by atoms with Crippen molar-refractivity contribution in [2.24, 2.45) is 0 Å². The molecule has 1 aromatic heterocycles. The van der Waals surface area contributed by atoms with Gasteiger partial charge in [0, 0.05) is 8.95 Å². The Bertz CT molecular complexity index is 888. The standard InChI is InChI=1S/C14H8Br2Cl2N2O/c15-8-2-1-6(3-10(8)17)13(18)7-4-11-12(5-9(7)16)20-14(21)19-11/h1-5,13H,(H2,19,20,21). The zero-order chi connectivity index (χ0) is 15.1. The number of aromatic nitrogens is 2. The minimum Gasteiger partial charge on any atom is -0.306 e. The van der Waals surface area contributed by atoms with Crippen molar-refractivity contribution in [3.63, 3.8) is 0 Å². The minimum atomic E-state index is -0.382. The van der Waals surface area contributed by atoms with E-state index in [0.29, 0.717) is 10.5 Å². The molecule has 0 amide bonds. The third kappa shape index (κ3) is 2.93. The molecule has 1 unspecified atom stereocenters. The van der Waals surface area contributed by atoms with E-state index in [4.69, 9.17) is 23.2 Å². The molecule has 1 atom stereocenters. The van der Waals surface area contributed by atoms with Crippen LogP contribution in [0.3, 0.4) is 0 Å².